The van der Waals surface area contributed by atoms with Gasteiger partial charge in [-0.15, -0.1) is 0 Å². The first-order valence-electron chi connectivity index (χ1n) is 8.21. The molecule has 0 aliphatic heterocycles. The number of hydrogen-bond donors (Lipinski definition) is 0. The van der Waals surface area contributed by atoms with Crippen LogP contribution in [0, 0.1) is 5.82 Å². The number of aromatic nitrogens is 2. The third-order valence-corrected chi connectivity index (χ3v) is 4.08. The molecular formula is C17H16ClF4N3O5. The van der Waals surface area contributed by atoms with Crippen molar-refractivity contribution in [3.63, 3.8) is 0 Å². The van der Waals surface area contributed by atoms with Crippen LogP contribution in [0.25, 0.3) is 5.69 Å². The average Bonchev–Trinajstić information content (AvgIpc) is 2.63. The molecule has 0 radical (unpaired) electrons. The Morgan fingerprint density at radius 3 is 2.37 bits per heavy atom. The van der Waals surface area contributed by atoms with Crippen LogP contribution in [0.1, 0.15) is 5.69 Å². The first-order valence-corrected chi connectivity index (χ1v) is 8.59. The smallest absolute Gasteiger partial charge is 0.431 e. The molecule has 164 valence electrons. The maximum Gasteiger partial charge on any atom is 0.431 e. The summed E-state index contributed by atoms with van der Waals surface area (Å²) in [4.78, 5) is 37.0. The van der Waals surface area contributed by atoms with Gasteiger partial charge >= 0.3 is 18.0 Å². The lowest BCUT2D eigenvalue weighted by molar-refractivity contribution is -0.144. The molecule has 2 aromatic rings. The van der Waals surface area contributed by atoms with E-state index in [0.29, 0.717) is 0 Å². The lowest BCUT2D eigenvalue weighted by atomic mass is 10.2. The number of carbonyl (C=O) groups is 1. The molecule has 0 aliphatic carbocycles. The van der Waals surface area contributed by atoms with E-state index in [0.717, 1.165) is 19.2 Å². The molecule has 30 heavy (non-hydrogen) atoms. The van der Waals surface area contributed by atoms with Crippen LogP contribution in [0.15, 0.2) is 27.8 Å². The molecular weight excluding hydrogens is 438 g/mol. The highest BCUT2D eigenvalue weighted by atomic mass is 35.5. The molecule has 8 nitrogen and oxygen atoms in total. The first-order chi connectivity index (χ1) is 13.8. The van der Waals surface area contributed by atoms with Crippen LogP contribution < -0.4 is 16.0 Å². The van der Waals surface area contributed by atoms with Gasteiger partial charge in [-0.05, 0) is 6.07 Å². The standard InChI is InChI=1S/C17H16ClF4N3O5/c1-23(2)16(28)30-5-4-29-12-7-11(10(19)6-9(12)18)25-14(26)8-13(17(20,21)22)24(3)15(25)27/h6-8H,4-5H2,1-3H3. The topological polar surface area (TPSA) is 82.8 Å². The van der Waals surface area contributed by atoms with Crippen LogP contribution >= 0.6 is 11.6 Å². The average molecular weight is 454 g/mol. The molecule has 0 spiro atoms. The normalized spacial score (nSPS) is 11.3. The third kappa shape index (κ3) is 4.93. The lowest BCUT2D eigenvalue weighted by Gasteiger charge is -2.16. The van der Waals surface area contributed by atoms with Gasteiger partial charge in [0.1, 0.15) is 30.5 Å². The Morgan fingerprint density at radius 1 is 1.17 bits per heavy atom. The number of nitrogens with zero attached hydrogens (tertiary/aromatic N) is 3. The van der Waals surface area contributed by atoms with Crippen molar-refractivity contribution >= 4 is 17.7 Å². The molecule has 0 atom stereocenters. The SMILES string of the molecule is CN(C)C(=O)OCCOc1cc(-n2c(=O)cc(C(F)(F)F)n(C)c2=O)c(F)cc1Cl. The minimum atomic E-state index is -4.96. The second-order valence-corrected chi connectivity index (χ2v) is 6.54. The van der Waals surface area contributed by atoms with Crippen LogP contribution in [-0.2, 0) is 18.0 Å². The molecule has 0 N–H and O–H groups in total. The zero-order valence-corrected chi connectivity index (χ0v) is 16.7. The summed E-state index contributed by atoms with van der Waals surface area (Å²) in [6.45, 7) is -0.396. The second kappa shape index (κ2) is 8.78. The highest BCUT2D eigenvalue weighted by Crippen LogP contribution is 2.30. The maximum absolute atomic E-state index is 14.4. The van der Waals surface area contributed by atoms with Gasteiger partial charge < -0.3 is 14.4 Å². The van der Waals surface area contributed by atoms with E-state index in [1.54, 1.807) is 0 Å². The van der Waals surface area contributed by atoms with Crippen molar-refractivity contribution in [3.05, 3.63) is 55.6 Å². The van der Waals surface area contributed by atoms with Crippen LogP contribution in [0.4, 0.5) is 22.4 Å². The molecule has 0 saturated heterocycles. The van der Waals surface area contributed by atoms with Gasteiger partial charge in [0.15, 0.2) is 0 Å². The second-order valence-electron chi connectivity index (χ2n) is 6.13. The number of alkyl halides is 3. The first kappa shape index (κ1) is 23.3. The molecule has 0 bridgehead atoms. The molecule has 0 saturated carbocycles. The Labute approximate surface area is 171 Å². The molecule has 2 rings (SSSR count). The molecule has 0 fully saturated rings. The highest BCUT2D eigenvalue weighted by molar-refractivity contribution is 6.32. The summed E-state index contributed by atoms with van der Waals surface area (Å²) < 4.78 is 63.8. The molecule has 1 aromatic carbocycles. The van der Waals surface area contributed by atoms with E-state index in [2.05, 4.69) is 0 Å². The number of ether oxygens (including phenoxy) is 2. The molecule has 13 heteroatoms. The van der Waals surface area contributed by atoms with E-state index in [9.17, 15) is 31.9 Å². The molecule has 1 aromatic heterocycles. The Balaban J connectivity index is 2.41. The zero-order valence-electron chi connectivity index (χ0n) is 15.9. The van der Waals surface area contributed by atoms with Crippen LogP contribution in [0.3, 0.4) is 0 Å². The Kier molecular flexibility index (Phi) is 6.80. The van der Waals surface area contributed by atoms with Crippen LogP contribution in [-0.4, -0.2) is 47.4 Å². The van der Waals surface area contributed by atoms with Gasteiger partial charge in [0.05, 0.1) is 10.7 Å². The van der Waals surface area contributed by atoms with Crippen molar-refractivity contribution in [3.8, 4) is 11.4 Å². The molecule has 1 heterocycles. The number of hydrogen-bond acceptors (Lipinski definition) is 5. The largest absolute Gasteiger partial charge is 0.488 e. The van der Waals surface area contributed by atoms with Crippen molar-refractivity contribution < 1.29 is 31.8 Å². The summed E-state index contributed by atoms with van der Waals surface area (Å²) in [6.07, 6.45) is -5.59. The van der Waals surface area contributed by atoms with Gasteiger partial charge in [-0.1, -0.05) is 11.6 Å². The van der Waals surface area contributed by atoms with Crippen molar-refractivity contribution in [1.82, 2.24) is 14.0 Å². The molecule has 0 aliphatic rings. The van der Waals surface area contributed by atoms with Gasteiger partial charge in [-0.25, -0.2) is 18.5 Å². The number of rotatable bonds is 5. The van der Waals surface area contributed by atoms with Gasteiger partial charge in [0.2, 0.25) is 0 Å². The predicted molar refractivity (Wildman–Crippen MR) is 97.8 cm³/mol. The molecule has 0 unspecified atom stereocenters. The van der Waals surface area contributed by atoms with Crippen molar-refractivity contribution in [1.29, 1.82) is 0 Å². The number of benzene rings is 1. The molecule has 1 amide bonds. The third-order valence-electron chi connectivity index (χ3n) is 3.78. The lowest BCUT2D eigenvalue weighted by Crippen LogP contribution is -2.41. The van der Waals surface area contributed by atoms with E-state index in [4.69, 9.17) is 21.1 Å². The maximum atomic E-state index is 14.4. The highest BCUT2D eigenvalue weighted by Gasteiger charge is 2.35. The van der Waals surface area contributed by atoms with Crippen LogP contribution in [0.5, 0.6) is 5.75 Å². The van der Waals surface area contributed by atoms with E-state index in [1.165, 1.54) is 19.0 Å². The van der Waals surface area contributed by atoms with E-state index in [1.807, 2.05) is 0 Å². The summed E-state index contributed by atoms with van der Waals surface area (Å²) >= 11 is 5.88. The number of amides is 1. The fourth-order valence-corrected chi connectivity index (χ4v) is 2.53. The Hall–Kier alpha value is -3.02. The summed E-state index contributed by atoms with van der Waals surface area (Å²) in [5, 5.41) is -0.230. The van der Waals surface area contributed by atoms with Gasteiger partial charge in [-0.3, -0.25) is 9.36 Å². The van der Waals surface area contributed by atoms with Crippen molar-refractivity contribution in [2.75, 3.05) is 27.3 Å². The van der Waals surface area contributed by atoms with Gasteiger partial charge in [-0.2, -0.15) is 13.2 Å². The van der Waals surface area contributed by atoms with E-state index >= 15 is 0 Å². The Bertz CT molecular complexity index is 1080. The Morgan fingerprint density at radius 2 is 1.80 bits per heavy atom. The monoisotopic (exact) mass is 453 g/mol. The zero-order chi connectivity index (χ0) is 22.8. The number of carbonyl (C=O) groups excluding carboxylic acids is 1. The predicted octanol–water partition coefficient (Wildman–Crippen LogP) is 2.42. The van der Waals surface area contributed by atoms with Gasteiger partial charge in [0.25, 0.3) is 5.56 Å². The summed E-state index contributed by atoms with van der Waals surface area (Å²) in [5.74, 6) is -1.31. The summed E-state index contributed by atoms with van der Waals surface area (Å²) in [6, 6.07) is 1.81. The summed E-state index contributed by atoms with van der Waals surface area (Å²) in [5.41, 5.74) is -4.94. The quantitative estimate of drug-likeness (QED) is 0.513. The number of halogens is 5. The van der Waals surface area contributed by atoms with Crippen molar-refractivity contribution in [2.24, 2.45) is 7.05 Å². The van der Waals surface area contributed by atoms with E-state index in [-0.39, 0.29) is 39.2 Å². The minimum Gasteiger partial charge on any atom is -0.488 e. The van der Waals surface area contributed by atoms with Gasteiger partial charge in [0, 0.05) is 33.3 Å². The van der Waals surface area contributed by atoms with Crippen LogP contribution in [0.2, 0.25) is 5.02 Å². The van der Waals surface area contributed by atoms with E-state index < -0.39 is 40.7 Å². The summed E-state index contributed by atoms with van der Waals surface area (Å²) in [7, 11) is 3.73. The fraction of sp³-hybridized carbons (Fsp3) is 0.353. The fourth-order valence-electron chi connectivity index (χ4n) is 2.33. The minimum absolute atomic E-state index is 0.177. The van der Waals surface area contributed by atoms with Crippen molar-refractivity contribution in [2.45, 2.75) is 6.18 Å².